The summed E-state index contributed by atoms with van der Waals surface area (Å²) in [5.74, 6) is -0.988. The fraction of sp³-hybridized carbons (Fsp3) is 0.429. The Hall–Kier alpha value is -2.15. The molecule has 0 unspecified atom stereocenters. The van der Waals surface area contributed by atoms with Crippen molar-refractivity contribution in [3.8, 4) is 0 Å². The Bertz CT molecular complexity index is 542. The van der Waals surface area contributed by atoms with Crippen LogP contribution in [0.25, 0.3) is 0 Å². The van der Waals surface area contributed by atoms with E-state index in [1.807, 2.05) is 4.90 Å². The number of hydrogen-bond acceptors (Lipinski definition) is 4. The lowest BCUT2D eigenvalue weighted by Crippen LogP contribution is -2.51. The Kier molecular flexibility index (Phi) is 4.74. The minimum Gasteiger partial charge on any atom is -0.399 e. The molecule has 0 atom stereocenters. The highest BCUT2D eigenvalue weighted by Gasteiger charge is 2.24. The van der Waals surface area contributed by atoms with Crippen LogP contribution in [0.2, 0.25) is 0 Å². The van der Waals surface area contributed by atoms with Gasteiger partial charge in [-0.25, -0.2) is 4.39 Å². The predicted molar refractivity (Wildman–Crippen MR) is 77.2 cm³/mol. The van der Waals surface area contributed by atoms with Gasteiger partial charge in [-0.05, 0) is 18.2 Å². The number of piperazine rings is 1. The Morgan fingerprint density at radius 1 is 1.29 bits per heavy atom. The van der Waals surface area contributed by atoms with E-state index in [9.17, 15) is 14.0 Å². The molecule has 1 aliphatic rings. The van der Waals surface area contributed by atoms with E-state index in [0.29, 0.717) is 38.4 Å². The van der Waals surface area contributed by atoms with Gasteiger partial charge >= 0.3 is 0 Å². The Balaban J connectivity index is 1.97. The van der Waals surface area contributed by atoms with Crippen LogP contribution >= 0.6 is 0 Å². The summed E-state index contributed by atoms with van der Waals surface area (Å²) >= 11 is 0. The maximum atomic E-state index is 13.7. The van der Waals surface area contributed by atoms with Gasteiger partial charge in [0.1, 0.15) is 5.82 Å². The zero-order chi connectivity index (χ0) is 15.4. The van der Waals surface area contributed by atoms with Gasteiger partial charge in [0.25, 0.3) is 5.91 Å². The van der Waals surface area contributed by atoms with Gasteiger partial charge in [0, 0.05) is 38.9 Å². The maximum Gasteiger partial charge on any atom is 0.256 e. The standard InChI is InChI=1S/C14H19FN4O2/c1-17-13(20)9-18-4-6-19(7-5-18)14(21)11-8-10(16)2-3-12(11)15/h2-3,8H,4-7,9,16H2,1H3,(H,17,20). The molecule has 1 aromatic carbocycles. The van der Waals surface area contributed by atoms with E-state index in [1.165, 1.54) is 18.2 Å². The average Bonchev–Trinajstić information content (AvgIpc) is 2.49. The highest BCUT2D eigenvalue weighted by Crippen LogP contribution is 2.15. The third-order valence-electron chi connectivity index (χ3n) is 3.53. The predicted octanol–water partition coefficient (Wildman–Crippen LogP) is -0.0883. The molecule has 1 aromatic rings. The van der Waals surface area contributed by atoms with Crippen LogP contribution in [0, 0.1) is 5.82 Å². The van der Waals surface area contributed by atoms with Gasteiger partial charge in [-0.3, -0.25) is 14.5 Å². The zero-order valence-corrected chi connectivity index (χ0v) is 11.9. The average molecular weight is 294 g/mol. The molecule has 0 aliphatic carbocycles. The first-order valence-corrected chi connectivity index (χ1v) is 6.78. The molecule has 0 bridgehead atoms. The molecule has 2 rings (SSSR count). The molecule has 0 radical (unpaired) electrons. The number of likely N-dealkylation sites (N-methyl/N-ethyl adjacent to an activating group) is 1. The Labute approximate surface area is 122 Å². The second kappa shape index (κ2) is 6.53. The minimum absolute atomic E-state index is 0.00486. The number of nitrogen functional groups attached to an aromatic ring is 1. The third kappa shape index (κ3) is 3.69. The van der Waals surface area contributed by atoms with Crippen molar-refractivity contribution in [1.82, 2.24) is 15.1 Å². The molecule has 1 saturated heterocycles. The summed E-state index contributed by atoms with van der Waals surface area (Å²) in [4.78, 5) is 27.1. The molecule has 2 amide bonds. The molecule has 6 nitrogen and oxygen atoms in total. The van der Waals surface area contributed by atoms with Crippen LogP contribution in [-0.4, -0.2) is 61.4 Å². The van der Waals surface area contributed by atoms with Crippen LogP contribution < -0.4 is 11.1 Å². The normalized spacial score (nSPS) is 15.8. The van der Waals surface area contributed by atoms with Gasteiger partial charge in [-0.1, -0.05) is 0 Å². The number of hydrogen-bond donors (Lipinski definition) is 2. The van der Waals surface area contributed by atoms with Crippen molar-refractivity contribution in [3.63, 3.8) is 0 Å². The number of carbonyl (C=O) groups is 2. The molecule has 0 aromatic heterocycles. The van der Waals surface area contributed by atoms with Crippen LogP contribution in [0.1, 0.15) is 10.4 Å². The molecule has 114 valence electrons. The number of rotatable bonds is 3. The number of nitrogens with two attached hydrogens (primary N) is 1. The lowest BCUT2D eigenvalue weighted by atomic mass is 10.1. The van der Waals surface area contributed by atoms with Crippen molar-refractivity contribution in [2.45, 2.75) is 0 Å². The number of nitrogens with one attached hydrogen (secondary N) is 1. The first kappa shape index (κ1) is 15.2. The van der Waals surface area contributed by atoms with Crippen LogP contribution in [-0.2, 0) is 4.79 Å². The van der Waals surface area contributed by atoms with E-state index < -0.39 is 5.82 Å². The highest BCUT2D eigenvalue weighted by atomic mass is 19.1. The van der Waals surface area contributed by atoms with E-state index in [-0.39, 0.29) is 17.4 Å². The van der Waals surface area contributed by atoms with E-state index >= 15 is 0 Å². The first-order chi connectivity index (χ1) is 10.0. The van der Waals surface area contributed by atoms with Crippen LogP contribution in [0.5, 0.6) is 0 Å². The fourth-order valence-corrected chi connectivity index (χ4v) is 2.27. The summed E-state index contributed by atoms with van der Waals surface area (Å²) in [5.41, 5.74) is 5.95. The molecule has 7 heteroatoms. The molecule has 3 N–H and O–H groups in total. The van der Waals surface area contributed by atoms with Gasteiger partial charge < -0.3 is 16.0 Å². The monoisotopic (exact) mass is 294 g/mol. The van der Waals surface area contributed by atoms with Crippen molar-refractivity contribution in [2.24, 2.45) is 0 Å². The van der Waals surface area contributed by atoms with E-state index in [0.717, 1.165) is 0 Å². The van der Waals surface area contributed by atoms with E-state index in [1.54, 1.807) is 11.9 Å². The Morgan fingerprint density at radius 3 is 2.57 bits per heavy atom. The van der Waals surface area contributed by atoms with Gasteiger partial charge in [0.05, 0.1) is 12.1 Å². The smallest absolute Gasteiger partial charge is 0.256 e. The van der Waals surface area contributed by atoms with Gasteiger partial charge in [-0.2, -0.15) is 0 Å². The zero-order valence-electron chi connectivity index (χ0n) is 11.9. The van der Waals surface area contributed by atoms with Crippen LogP contribution in [0.15, 0.2) is 18.2 Å². The molecule has 1 fully saturated rings. The van der Waals surface area contributed by atoms with Gasteiger partial charge in [-0.15, -0.1) is 0 Å². The van der Waals surface area contributed by atoms with Crippen LogP contribution in [0.3, 0.4) is 0 Å². The molecule has 1 aliphatic heterocycles. The van der Waals surface area contributed by atoms with Crippen molar-refractivity contribution < 1.29 is 14.0 Å². The van der Waals surface area contributed by atoms with Crippen molar-refractivity contribution >= 4 is 17.5 Å². The molecule has 1 heterocycles. The number of nitrogens with zero attached hydrogens (tertiary/aromatic N) is 2. The quantitative estimate of drug-likeness (QED) is 0.764. The third-order valence-corrected chi connectivity index (χ3v) is 3.53. The lowest BCUT2D eigenvalue weighted by molar-refractivity contribution is -0.122. The number of benzene rings is 1. The molecular formula is C14H19FN4O2. The van der Waals surface area contributed by atoms with Crippen molar-refractivity contribution in [2.75, 3.05) is 45.5 Å². The Morgan fingerprint density at radius 2 is 1.95 bits per heavy atom. The summed E-state index contributed by atoms with van der Waals surface area (Å²) in [7, 11) is 1.59. The molecule has 0 saturated carbocycles. The number of anilines is 1. The minimum atomic E-state index is -0.568. The lowest BCUT2D eigenvalue weighted by Gasteiger charge is -2.34. The second-order valence-electron chi connectivity index (χ2n) is 4.98. The number of carbonyl (C=O) groups excluding carboxylic acids is 2. The summed E-state index contributed by atoms with van der Waals surface area (Å²) in [6.07, 6.45) is 0. The molecule has 0 spiro atoms. The van der Waals surface area contributed by atoms with E-state index in [2.05, 4.69) is 5.32 Å². The summed E-state index contributed by atoms with van der Waals surface area (Å²) < 4.78 is 13.7. The summed E-state index contributed by atoms with van der Waals surface area (Å²) in [6.45, 7) is 2.41. The SMILES string of the molecule is CNC(=O)CN1CCN(C(=O)c2cc(N)ccc2F)CC1. The second-order valence-corrected chi connectivity index (χ2v) is 4.98. The van der Waals surface area contributed by atoms with Crippen LogP contribution in [0.4, 0.5) is 10.1 Å². The van der Waals surface area contributed by atoms with Crippen molar-refractivity contribution in [3.05, 3.63) is 29.6 Å². The topological polar surface area (TPSA) is 78.7 Å². The highest BCUT2D eigenvalue weighted by molar-refractivity contribution is 5.95. The van der Waals surface area contributed by atoms with E-state index in [4.69, 9.17) is 5.73 Å². The number of halogens is 1. The largest absolute Gasteiger partial charge is 0.399 e. The van der Waals surface area contributed by atoms with Crippen molar-refractivity contribution in [1.29, 1.82) is 0 Å². The summed E-state index contributed by atoms with van der Waals surface area (Å²) in [5, 5.41) is 2.56. The maximum absolute atomic E-state index is 13.7. The first-order valence-electron chi connectivity index (χ1n) is 6.78. The fourth-order valence-electron chi connectivity index (χ4n) is 2.27. The summed E-state index contributed by atoms with van der Waals surface area (Å²) in [6, 6.07) is 3.98. The van der Waals surface area contributed by atoms with Gasteiger partial charge in [0.15, 0.2) is 0 Å². The molecular weight excluding hydrogens is 275 g/mol. The van der Waals surface area contributed by atoms with Gasteiger partial charge in [0.2, 0.25) is 5.91 Å². The number of amides is 2. The molecule has 21 heavy (non-hydrogen) atoms.